The van der Waals surface area contributed by atoms with E-state index in [1.54, 1.807) is 0 Å². The summed E-state index contributed by atoms with van der Waals surface area (Å²) < 4.78 is 13.8. The van der Waals surface area contributed by atoms with Crippen molar-refractivity contribution in [3.05, 3.63) is 373 Å². The van der Waals surface area contributed by atoms with Crippen LogP contribution in [0.15, 0.2) is 348 Å². The Morgan fingerprint density at radius 2 is 0.783 bits per heavy atom. The molecule has 0 bridgehead atoms. The van der Waals surface area contributed by atoms with Gasteiger partial charge in [0, 0.05) is 49.4 Å². The average molecular weight is 1550 g/mol. The second kappa shape index (κ2) is 27.9. The van der Waals surface area contributed by atoms with Crippen LogP contribution >= 0.6 is 0 Å². The molecule has 0 fully saturated rings. The number of hydrogen-bond acceptors (Lipinski definition) is 7. The zero-order valence-electron chi connectivity index (χ0n) is 68.8. The number of fused-ring (bicyclic) bond motifs is 14. The number of para-hydroxylation sites is 2. The van der Waals surface area contributed by atoms with Crippen molar-refractivity contribution in [1.82, 2.24) is 20.3 Å². The second-order valence-corrected chi connectivity index (χ2v) is 36.1. The van der Waals surface area contributed by atoms with Gasteiger partial charge in [0.1, 0.15) is 28.2 Å². The summed E-state index contributed by atoms with van der Waals surface area (Å²) in [6, 6.07) is 115. The minimum atomic E-state index is -0.308. The van der Waals surface area contributed by atoms with E-state index in [1.165, 1.54) is 89.7 Å². The average Bonchev–Trinajstić information content (AvgIpc) is 0.979. The molecule has 0 saturated carbocycles. The molecule has 1 aliphatic heterocycles. The van der Waals surface area contributed by atoms with Crippen LogP contribution in [0.2, 0.25) is 0 Å². The Labute approximate surface area is 699 Å². The highest BCUT2D eigenvalue weighted by Gasteiger charge is 2.41. The van der Waals surface area contributed by atoms with Crippen LogP contribution in [0.1, 0.15) is 126 Å². The number of hydrogen-bond donors (Lipinski definition) is 1. The lowest BCUT2D eigenvalue weighted by molar-refractivity contribution is 0.332. The monoisotopic (exact) mass is 1550 g/mol. The van der Waals surface area contributed by atoms with Gasteiger partial charge >= 0.3 is 0 Å². The van der Waals surface area contributed by atoms with Crippen LogP contribution in [0.3, 0.4) is 0 Å². The zero-order valence-corrected chi connectivity index (χ0v) is 68.8. The predicted octanol–water partition coefficient (Wildman–Crippen LogP) is 30.0. The topological polar surface area (TPSA) is 89.3 Å². The fourth-order valence-electron chi connectivity index (χ4n) is 19.8. The number of rotatable bonds is 11. The van der Waals surface area contributed by atoms with Gasteiger partial charge in [-0.25, -0.2) is 19.9 Å². The molecule has 3 aromatic heterocycles. The quantitative estimate of drug-likeness (QED) is 0.130. The highest BCUT2D eigenvalue weighted by molar-refractivity contribution is 6.21. The smallest absolute Gasteiger partial charge is 0.164 e. The van der Waals surface area contributed by atoms with Crippen LogP contribution in [0.4, 0.5) is 0 Å². The molecule has 16 aromatic carbocycles. The van der Waals surface area contributed by atoms with E-state index in [0.717, 1.165) is 146 Å². The largest absolute Gasteiger partial charge is 0.456 e. The van der Waals surface area contributed by atoms with E-state index in [4.69, 9.17) is 28.8 Å². The van der Waals surface area contributed by atoms with E-state index in [1.807, 2.05) is 24.3 Å². The van der Waals surface area contributed by atoms with Crippen LogP contribution in [0.5, 0.6) is 0 Å². The Balaban J connectivity index is 0.671. The summed E-state index contributed by atoms with van der Waals surface area (Å²) in [5.41, 5.74) is 26.9. The van der Waals surface area contributed by atoms with Crippen molar-refractivity contribution in [1.29, 1.82) is 0 Å². The fourth-order valence-corrected chi connectivity index (χ4v) is 19.8. The van der Waals surface area contributed by atoms with E-state index in [0.29, 0.717) is 17.5 Å². The summed E-state index contributed by atoms with van der Waals surface area (Å²) >= 11 is 0. The Morgan fingerprint density at radius 1 is 0.292 bits per heavy atom. The SMILES string of the molecule is CC1(C)CCC(C)(C)c2cc(-c3ccc(-c4cc(/C5=N/C(c6ccccc6)=C/C=C/C(c6ccc7c(-c8cc(-c9cccc(-c%10cc(-c%11nc(-c%12ccccc%12)nc(-c%12ccc%13ccc%14ccccc%14c%13c%12)n%11)c%11c(c%10)oc%10ccccc%10%11)c9)cc9c8C(C)(C)CCC9(C)C)cc8ccccc8c7c6)N5)c5c(c4)oc4ccccc45)cc3)ccc21. The number of benzene rings is 16. The molecule has 578 valence electrons. The van der Waals surface area contributed by atoms with Gasteiger partial charge in [0.05, 0.1) is 11.7 Å². The number of aromatic nitrogens is 3. The molecule has 7 nitrogen and oxygen atoms in total. The van der Waals surface area contributed by atoms with Crippen LogP contribution in [-0.2, 0) is 21.7 Å². The molecule has 19 aromatic rings. The maximum Gasteiger partial charge on any atom is 0.164 e. The lowest BCUT2D eigenvalue weighted by Gasteiger charge is -2.43. The first-order valence-electron chi connectivity index (χ1n) is 42.3. The number of nitrogens with one attached hydrogen (secondary N) is 1. The molecule has 1 unspecified atom stereocenters. The van der Waals surface area contributed by atoms with Crippen molar-refractivity contribution in [2.24, 2.45) is 4.99 Å². The van der Waals surface area contributed by atoms with Crippen LogP contribution in [0.25, 0.3) is 182 Å². The van der Waals surface area contributed by atoms with Crippen molar-refractivity contribution in [2.45, 2.75) is 109 Å². The van der Waals surface area contributed by atoms with Crippen LogP contribution < -0.4 is 5.32 Å². The summed E-state index contributed by atoms with van der Waals surface area (Å²) in [7, 11) is 0. The van der Waals surface area contributed by atoms with E-state index in [2.05, 4.69) is 370 Å². The standard InChI is InChI=1S/C113H89N5O2/c1-110(2)53-54-111(3,4)95-64-76(50-52-94(95)110)68-41-43-69(44-42-68)81-62-92(103-86-35-19-21-39-99(86)119-101(103)66-81)108-114-97(72-26-11-9-12-27-72)37-24-38-98(115-108)78-49-51-85-89(59-78)84-34-18-16-30-77(84)58-90(85)91-61-80(65-96-105(91)113(7,8)56-55-112(96,5)6)74-31-23-32-75(57-74)82-63-93(104-87-36-20-22-40-100(87)120-102(104)67-82)109-117-106(73-28-13-10-14-29-73)116-107(118-109)79-48-47-71-46-45-70-25-15-17-33-83(70)88(71)60-79/h9-52,57-67,98H,53-56H2,1-8H3,(H,114,115)/b38-24+,97-37+. The van der Waals surface area contributed by atoms with Gasteiger partial charge in [0.15, 0.2) is 17.5 Å². The zero-order chi connectivity index (χ0) is 80.9. The first-order chi connectivity index (χ1) is 58.4. The Kier molecular flexibility index (Phi) is 16.9. The van der Waals surface area contributed by atoms with Gasteiger partial charge in [-0.3, -0.25) is 0 Å². The molecule has 0 amide bonds. The third kappa shape index (κ3) is 12.5. The molecule has 0 radical (unpaired) electrons. The Morgan fingerprint density at radius 3 is 1.48 bits per heavy atom. The lowest BCUT2D eigenvalue weighted by Crippen LogP contribution is -2.34. The second-order valence-electron chi connectivity index (χ2n) is 36.1. The van der Waals surface area contributed by atoms with Gasteiger partial charge in [0.25, 0.3) is 0 Å². The minimum absolute atomic E-state index is 0.106. The summed E-state index contributed by atoms with van der Waals surface area (Å²) in [5, 5.41) is 17.6. The molecule has 1 N–H and O–H groups in total. The number of nitrogens with zero attached hydrogens (tertiary/aromatic N) is 4. The predicted molar refractivity (Wildman–Crippen MR) is 501 cm³/mol. The number of furan rings is 2. The van der Waals surface area contributed by atoms with Crippen LogP contribution in [0, 0.1) is 0 Å². The molecule has 1 atom stereocenters. The maximum absolute atomic E-state index is 6.92. The molecule has 0 spiro atoms. The van der Waals surface area contributed by atoms with Crippen molar-refractivity contribution in [2.75, 3.05) is 0 Å². The van der Waals surface area contributed by atoms with Gasteiger partial charge in [-0.1, -0.05) is 316 Å². The van der Waals surface area contributed by atoms with Gasteiger partial charge in [-0.05, 0) is 247 Å². The van der Waals surface area contributed by atoms with E-state index >= 15 is 0 Å². The Hall–Kier alpha value is -13.9. The summed E-state index contributed by atoms with van der Waals surface area (Å²) in [5.74, 6) is 2.50. The van der Waals surface area contributed by atoms with Crippen molar-refractivity contribution in [3.63, 3.8) is 0 Å². The highest BCUT2D eigenvalue weighted by atomic mass is 16.3. The number of aliphatic imine (C=N–C) groups is 1. The molecule has 7 heteroatoms. The van der Waals surface area contributed by atoms with Crippen molar-refractivity contribution < 1.29 is 8.83 Å². The van der Waals surface area contributed by atoms with Gasteiger partial charge in [-0.15, -0.1) is 0 Å². The normalized spacial score (nSPS) is 17.1. The molecule has 120 heavy (non-hydrogen) atoms. The Bertz CT molecular complexity index is 7560. The summed E-state index contributed by atoms with van der Waals surface area (Å²) in [6.45, 7) is 19.4. The third-order valence-electron chi connectivity index (χ3n) is 26.7. The number of allylic oxidation sites excluding steroid dienone is 2. The lowest BCUT2D eigenvalue weighted by atomic mass is 9.61. The highest BCUT2D eigenvalue weighted by Crippen LogP contribution is 2.54. The van der Waals surface area contributed by atoms with Crippen molar-refractivity contribution in [3.8, 4) is 89.8 Å². The fraction of sp³-hybridized carbons (Fsp3) is 0.150. The summed E-state index contributed by atoms with van der Waals surface area (Å²) in [4.78, 5) is 22.0. The van der Waals surface area contributed by atoms with Gasteiger partial charge < -0.3 is 14.2 Å². The van der Waals surface area contributed by atoms with Crippen LogP contribution in [-0.4, -0.2) is 20.8 Å². The molecule has 3 aliphatic rings. The number of amidine groups is 1. The van der Waals surface area contributed by atoms with E-state index < -0.39 is 0 Å². The third-order valence-corrected chi connectivity index (χ3v) is 26.7. The minimum Gasteiger partial charge on any atom is -0.456 e. The van der Waals surface area contributed by atoms with Gasteiger partial charge in [-0.2, -0.15) is 0 Å². The first-order valence-corrected chi connectivity index (χ1v) is 42.3. The van der Waals surface area contributed by atoms with E-state index in [9.17, 15) is 0 Å². The first kappa shape index (κ1) is 72.6. The maximum atomic E-state index is 6.92. The molecular weight excluding hydrogens is 1460 g/mol. The molecule has 2 aliphatic carbocycles. The van der Waals surface area contributed by atoms with Crippen molar-refractivity contribution >= 4 is 98.5 Å². The molecule has 0 saturated heterocycles. The molecule has 22 rings (SSSR count). The molecular formula is C113H89N5O2. The summed E-state index contributed by atoms with van der Waals surface area (Å²) in [6.07, 6.45) is 11.1. The van der Waals surface area contributed by atoms with E-state index in [-0.39, 0.29) is 27.7 Å². The molecule has 4 heterocycles. The van der Waals surface area contributed by atoms with Gasteiger partial charge in [0.2, 0.25) is 0 Å².